The first kappa shape index (κ1) is 17.2. The first-order valence-corrected chi connectivity index (χ1v) is 6.96. The summed E-state index contributed by atoms with van der Waals surface area (Å²) in [5, 5.41) is 23.4. The minimum absolute atomic E-state index is 0.0867. The Balaban J connectivity index is 2.84. The number of benzene rings is 1. The Morgan fingerprint density at radius 1 is 1.62 bits per heavy atom. The second kappa shape index (κ2) is 7.25. The SMILES string of the molecule is CCNC(C)(C#N)CC(C)Oc1cc([N+](=O)[O-])ccc1Cl. The number of hydrogen-bond acceptors (Lipinski definition) is 5. The Morgan fingerprint density at radius 2 is 2.29 bits per heavy atom. The highest BCUT2D eigenvalue weighted by Gasteiger charge is 2.26. The molecular weight excluding hydrogens is 294 g/mol. The molecule has 0 aliphatic carbocycles. The molecule has 7 heteroatoms. The summed E-state index contributed by atoms with van der Waals surface area (Å²) < 4.78 is 5.65. The largest absolute Gasteiger partial charge is 0.489 e. The Hall–Kier alpha value is -1.84. The van der Waals surface area contributed by atoms with E-state index in [-0.39, 0.29) is 17.5 Å². The molecule has 0 aliphatic rings. The Morgan fingerprint density at radius 3 is 2.81 bits per heavy atom. The molecule has 0 fully saturated rings. The minimum Gasteiger partial charge on any atom is -0.489 e. The van der Waals surface area contributed by atoms with Gasteiger partial charge in [-0.05, 0) is 26.5 Å². The third-order valence-electron chi connectivity index (χ3n) is 2.96. The molecule has 1 N–H and O–H groups in total. The summed E-state index contributed by atoms with van der Waals surface area (Å²) in [4.78, 5) is 10.3. The maximum absolute atomic E-state index is 10.8. The van der Waals surface area contributed by atoms with Crippen LogP contribution in [0.3, 0.4) is 0 Å². The van der Waals surface area contributed by atoms with Gasteiger partial charge in [-0.2, -0.15) is 5.26 Å². The molecule has 1 aromatic rings. The van der Waals surface area contributed by atoms with E-state index in [1.807, 2.05) is 6.92 Å². The number of halogens is 1. The van der Waals surface area contributed by atoms with Gasteiger partial charge in [0.15, 0.2) is 0 Å². The number of nitrogens with zero attached hydrogens (tertiary/aromatic N) is 2. The number of ether oxygens (including phenoxy) is 1. The molecule has 0 aliphatic heterocycles. The summed E-state index contributed by atoms with van der Waals surface area (Å²) in [6.45, 7) is 6.15. The lowest BCUT2D eigenvalue weighted by atomic mass is 9.96. The van der Waals surface area contributed by atoms with Crippen LogP contribution in [0.15, 0.2) is 18.2 Å². The van der Waals surface area contributed by atoms with Crippen molar-refractivity contribution in [2.24, 2.45) is 0 Å². The van der Waals surface area contributed by atoms with Crippen molar-refractivity contribution in [1.29, 1.82) is 5.26 Å². The smallest absolute Gasteiger partial charge is 0.273 e. The molecule has 6 nitrogen and oxygen atoms in total. The van der Waals surface area contributed by atoms with Crippen LogP contribution in [0.4, 0.5) is 5.69 Å². The predicted molar refractivity (Wildman–Crippen MR) is 80.5 cm³/mol. The van der Waals surface area contributed by atoms with Gasteiger partial charge in [0.1, 0.15) is 11.3 Å². The second-order valence-corrected chi connectivity index (χ2v) is 5.39. The molecule has 0 bridgehead atoms. The molecule has 0 amide bonds. The maximum atomic E-state index is 10.8. The average molecular weight is 312 g/mol. The van der Waals surface area contributed by atoms with Crippen LogP contribution in [0.25, 0.3) is 0 Å². The molecule has 2 atom stereocenters. The zero-order valence-corrected chi connectivity index (χ0v) is 13.0. The van der Waals surface area contributed by atoms with Gasteiger partial charge in [0.25, 0.3) is 5.69 Å². The molecule has 0 spiro atoms. The fraction of sp³-hybridized carbons (Fsp3) is 0.500. The van der Waals surface area contributed by atoms with Gasteiger partial charge >= 0.3 is 0 Å². The van der Waals surface area contributed by atoms with Crippen molar-refractivity contribution in [2.75, 3.05) is 6.54 Å². The molecule has 1 aromatic carbocycles. The number of rotatable bonds is 7. The van der Waals surface area contributed by atoms with Gasteiger partial charge in [-0.3, -0.25) is 15.4 Å². The number of nitro groups is 1. The van der Waals surface area contributed by atoms with Crippen molar-refractivity contribution >= 4 is 17.3 Å². The summed E-state index contributed by atoms with van der Waals surface area (Å²) in [6.07, 6.45) is 0.101. The molecule has 21 heavy (non-hydrogen) atoms. The Labute approximate surface area is 128 Å². The summed E-state index contributed by atoms with van der Waals surface area (Å²) in [7, 11) is 0. The Kier molecular flexibility index (Phi) is 5.94. The van der Waals surface area contributed by atoms with Crippen LogP contribution in [-0.2, 0) is 0 Å². The predicted octanol–water partition coefficient (Wildman–Crippen LogP) is 3.30. The van der Waals surface area contributed by atoms with Crippen LogP contribution in [0.1, 0.15) is 27.2 Å². The monoisotopic (exact) mass is 311 g/mol. The summed E-state index contributed by atoms with van der Waals surface area (Å²) >= 11 is 5.98. The standard InChI is InChI=1S/C14H18ClN3O3/c1-4-17-14(3,9-16)8-10(2)21-13-7-11(18(19)20)5-6-12(13)15/h5-7,10,17H,4,8H2,1-3H3. The van der Waals surface area contributed by atoms with Crippen molar-refractivity contribution in [3.63, 3.8) is 0 Å². The van der Waals surface area contributed by atoms with Crippen LogP contribution in [0, 0.1) is 21.4 Å². The number of nitrogens with one attached hydrogen (secondary N) is 1. The average Bonchev–Trinajstić information content (AvgIpc) is 2.41. The topological polar surface area (TPSA) is 88.2 Å². The molecule has 1 rings (SSSR count). The minimum atomic E-state index is -0.721. The van der Waals surface area contributed by atoms with E-state index in [0.717, 1.165) is 0 Å². The van der Waals surface area contributed by atoms with E-state index in [9.17, 15) is 15.4 Å². The van der Waals surface area contributed by atoms with E-state index in [0.29, 0.717) is 18.0 Å². The van der Waals surface area contributed by atoms with E-state index in [1.54, 1.807) is 13.8 Å². The van der Waals surface area contributed by atoms with Crippen molar-refractivity contribution in [3.05, 3.63) is 33.3 Å². The van der Waals surface area contributed by atoms with Crippen LogP contribution >= 0.6 is 11.6 Å². The third kappa shape index (κ3) is 4.88. The highest BCUT2D eigenvalue weighted by molar-refractivity contribution is 6.32. The van der Waals surface area contributed by atoms with Crippen LogP contribution in [0.2, 0.25) is 5.02 Å². The molecular formula is C14H18ClN3O3. The van der Waals surface area contributed by atoms with E-state index >= 15 is 0 Å². The number of nitriles is 1. The summed E-state index contributed by atoms with van der Waals surface area (Å²) in [6, 6.07) is 6.24. The van der Waals surface area contributed by atoms with Crippen molar-refractivity contribution in [2.45, 2.75) is 38.8 Å². The van der Waals surface area contributed by atoms with E-state index in [1.165, 1.54) is 18.2 Å². The van der Waals surface area contributed by atoms with E-state index in [4.69, 9.17) is 16.3 Å². The lowest BCUT2D eigenvalue weighted by Gasteiger charge is -2.26. The number of non-ortho nitro benzene ring substituents is 1. The molecule has 114 valence electrons. The van der Waals surface area contributed by atoms with Gasteiger partial charge in [0, 0.05) is 12.5 Å². The molecule has 0 radical (unpaired) electrons. The van der Waals surface area contributed by atoms with Crippen LogP contribution in [-0.4, -0.2) is 23.1 Å². The summed E-state index contributed by atoms with van der Waals surface area (Å²) in [5.41, 5.74) is -0.808. The van der Waals surface area contributed by atoms with Crippen molar-refractivity contribution in [3.8, 4) is 11.8 Å². The van der Waals surface area contributed by atoms with Gasteiger partial charge in [0.2, 0.25) is 0 Å². The third-order valence-corrected chi connectivity index (χ3v) is 3.28. The molecule has 0 saturated carbocycles. The van der Waals surface area contributed by atoms with Crippen LogP contribution in [0.5, 0.6) is 5.75 Å². The van der Waals surface area contributed by atoms with E-state index < -0.39 is 10.5 Å². The fourth-order valence-corrected chi connectivity index (χ4v) is 2.24. The first-order valence-electron chi connectivity index (χ1n) is 6.58. The fourth-order valence-electron chi connectivity index (χ4n) is 2.08. The second-order valence-electron chi connectivity index (χ2n) is 4.98. The first-order chi connectivity index (χ1) is 9.81. The van der Waals surface area contributed by atoms with Gasteiger partial charge in [-0.1, -0.05) is 18.5 Å². The zero-order valence-electron chi connectivity index (χ0n) is 12.2. The normalized spacial score (nSPS) is 14.8. The summed E-state index contributed by atoms with van der Waals surface area (Å²) in [5.74, 6) is 0.246. The molecule has 0 saturated heterocycles. The van der Waals surface area contributed by atoms with Crippen molar-refractivity contribution in [1.82, 2.24) is 5.32 Å². The number of hydrogen-bond donors (Lipinski definition) is 1. The number of nitro benzene ring substituents is 1. The Bertz CT molecular complexity index is 559. The highest BCUT2D eigenvalue weighted by atomic mass is 35.5. The van der Waals surface area contributed by atoms with E-state index in [2.05, 4.69) is 11.4 Å². The van der Waals surface area contributed by atoms with Crippen LogP contribution < -0.4 is 10.1 Å². The van der Waals surface area contributed by atoms with Gasteiger partial charge in [-0.25, -0.2) is 0 Å². The van der Waals surface area contributed by atoms with Gasteiger partial charge in [0.05, 0.1) is 28.2 Å². The van der Waals surface area contributed by atoms with Gasteiger partial charge < -0.3 is 4.74 Å². The molecule has 0 heterocycles. The van der Waals surface area contributed by atoms with Gasteiger partial charge in [-0.15, -0.1) is 0 Å². The highest BCUT2D eigenvalue weighted by Crippen LogP contribution is 2.30. The maximum Gasteiger partial charge on any atom is 0.273 e. The molecule has 2 unspecified atom stereocenters. The molecule has 0 aromatic heterocycles. The van der Waals surface area contributed by atoms with Crippen molar-refractivity contribution < 1.29 is 9.66 Å². The zero-order chi connectivity index (χ0) is 16.0. The lowest BCUT2D eigenvalue weighted by molar-refractivity contribution is -0.384. The lowest BCUT2D eigenvalue weighted by Crippen LogP contribution is -2.44. The quantitative estimate of drug-likeness (QED) is 0.616.